The minimum Gasteiger partial charge on any atom is -0.444 e. The van der Waals surface area contributed by atoms with Crippen molar-refractivity contribution in [1.29, 1.82) is 0 Å². The predicted octanol–water partition coefficient (Wildman–Crippen LogP) is 5.06. The Balaban J connectivity index is 2.11. The molecule has 0 aromatic heterocycles. The molecule has 0 saturated carbocycles. The Morgan fingerprint density at radius 3 is 1.92 bits per heavy atom. The van der Waals surface area contributed by atoms with E-state index in [1.807, 2.05) is 71.0 Å². The fraction of sp³-hybridized carbons (Fsp3) is 0.467. The van der Waals surface area contributed by atoms with Gasteiger partial charge in [-0.15, -0.1) is 0 Å². The summed E-state index contributed by atoms with van der Waals surface area (Å²) in [6.07, 6.45) is 2.81. The van der Waals surface area contributed by atoms with Gasteiger partial charge >= 0.3 is 6.09 Å². The second kappa shape index (κ2) is 10.9. The van der Waals surface area contributed by atoms with E-state index in [1.165, 1.54) is 6.08 Å². The molecule has 0 radical (unpaired) electrons. The molecule has 1 heterocycles. The van der Waals surface area contributed by atoms with E-state index in [4.69, 9.17) is 13.9 Å². The summed E-state index contributed by atoms with van der Waals surface area (Å²) in [4.78, 5) is 26.3. The van der Waals surface area contributed by atoms with Gasteiger partial charge in [0.15, 0.2) is 0 Å². The molecule has 0 bridgehead atoms. The smallest absolute Gasteiger partial charge is 0.413 e. The van der Waals surface area contributed by atoms with Crippen LogP contribution in [0.1, 0.15) is 55.4 Å². The molecule has 2 atom stereocenters. The van der Waals surface area contributed by atoms with Gasteiger partial charge < -0.3 is 13.9 Å². The summed E-state index contributed by atoms with van der Waals surface area (Å²) in [7, 11) is -2.86. The van der Waals surface area contributed by atoms with Gasteiger partial charge in [-0.05, 0) is 56.1 Å². The average Bonchev–Trinajstić information content (AvgIpc) is 3.07. The molecule has 1 aliphatic rings. The van der Waals surface area contributed by atoms with Gasteiger partial charge in [0.25, 0.3) is 8.32 Å². The average molecular weight is 524 g/mol. The van der Waals surface area contributed by atoms with E-state index < -0.39 is 37.9 Å². The number of ether oxygens (including phenoxy) is 2. The molecule has 37 heavy (non-hydrogen) atoms. The van der Waals surface area contributed by atoms with Crippen molar-refractivity contribution in [2.45, 2.75) is 83.9 Å². The van der Waals surface area contributed by atoms with Crippen molar-refractivity contribution in [3.05, 3.63) is 72.8 Å². The van der Waals surface area contributed by atoms with E-state index in [0.29, 0.717) is 6.29 Å². The van der Waals surface area contributed by atoms with Crippen molar-refractivity contribution in [3.8, 4) is 0 Å². The molecule has 3 rings (SSSR count). The Kier molecular flexibility index (Phi) is 8.52. The molecular weight excluding hydrogens is 482 g/mol. The SMILES string of the molecule is CC(C)(C)OC(=O)N1[C@H](CO[Si](c2ccccc2)(c2ccccc2)C(C)(C)C)[C@@H](/C=C/C=O)OC1(C)C. The first-order chi connectivity index (χ1) is 17.2. The van der Waals surface area contributed by atoms with Crippen LogP contribution in [0.5, 0.6) is 0 Å². The molecule has 7 heteroatoms. The highest BCUT2D eigenvalue weighted by Crippen LogP contribution is 2.39. The number of nitrogens with zero attached hydrogens (tertiary/aromatic N) is 1. The molecule has 200 valence electrons. The van der Waals surface area contributed by atoms with E-state index in [2.05, 4.69) is 45.0 Å². The third-order valence-corrected chi connectivity index (χ3v) is 11.6. The van der Waals surface area contributed by atoms with Crippen LogP contribution in [0.25, 0.3) is 0 Å². The number of benzene rings is 2. The van der Waals surface area contributed by atoms with Gasteiger partial charge in [0.05, 0.1) is 12.6 Å². The fourth-order valence-corrected chi connectivity index (χ4v) is 9.72. The number of carbonyl (C=O) groups is 2. The molecule has 0 aliphatic carbocycles. The monoisotopic (exact) mass is 523 g/mol. The lowest BCUT2D eigenvalue weighted by Crippen LogP contribution is -2.67. The summed E-state index contributed by atoms with van der Waals surface area (Å²) in [6.45, 7) is 16.0. The van der Waals surface area contributed by atoms with Gasteiger partial charge in [0.1, 0.15) is 23.7 Å². The van der Waals surface area contributed by atoms with Crippen LogP contribution in [-0.4, -0.2) is 55.7 Å². The summed E-state index contributed by atoms with van der Waals surface area (Å²) in [5, 5.41) is 2.07. The second-order valence-electron chi connectivity index (χ2n) is 11.9. The van der Waals surface area contributed by atoms with E-state index in [-0.39, 0.29) is 11.6 Å². The lowest BCUT2D eigenvalue weighted by Gasteiger charge is -2.44. The van der Waals surface area contributed by atoms with Gasteiger partial charge in [-0.2, -0.15) is 0 Å². The molecular formula is C30H41NO5Si. The normalized spacial score (nSPS) is 20.3. The first-order valence-electron chi connectivity index (χ1n) is 12.8. The first kappa shape index (κ1) is 28.8. The molecule has 0 unspecified atom stereocenters. The van der Waals surface area contributed by atoms with Crippen LogP contribution < -0.4 is 10.4 Å². The third-order valence-electron chi connectivity index (χ3n) is 6.57. The zero-order valence-electron chi connectivity index (χ0n) is 23.4. The van der Waals surface area contributed by atoms with Gasteiger partial charge in [-0.1, -0.05) is 87.5 Å². The molecule has 1 amide bonds. The number of allylic oxidation sites excluding steroid dienone is 1. The van der Waals surface area contributed by atoms with E-state index in [0.717, 1.165) is 10.4 Å². The molecule has 0 N–H and O–H groups in total. The van der Waals surface area contributed by atoms with Crippen molar-refractivity contribution >= 4 is 31.1 Å². The predicted molar refractivity (Wildman–Crippen MR) is 150 cm³/mol. The summed E-state index contributed by atoms with van der Waals surface area (Å²) < 4.78 is 19.2. The second-order valence-corrected chi connectivity index (χ2v) is 16.2. The number of hydrogen-bond donors (Lipinski definition) is 0. The maximum absolute atomic E-state index is 13.5. The van der Waals surface area contributed by atoms with Gasteiger partial charge in [-0.3, -0.25) is 9.69 Å². The number of aldehydes is 1. The number of carbonyl (C=O) groups excluding carboxylic acids is 2. The summed E-state index contributed by atoms with van der Waals surface area (Å²) in [6, 6.07) is 20.2. The zero-order valence-corrected chi connectivity index (χ0v) is 24.4. The topological polar surface area (TPSA) is 65.1 Å². The highest BCUT2D eigenvalue weighted by atomic mass is 28.4. The lowest BCUT2D eigenvalue weighted by molar-refractivity contribution is -0.104. The zero-order chi connectivity index (χ0) is 27.5. The first-order valence-corrected chi connectivity index (χ1v) is 14.7. The number of hydrogen-bond acceptors (Lipinski definition) is 5. The quantitative estimate of drug-likeness (QED) is 0.288. The number of rotatable bonds is 7. The minimum absolute atomic E-state index is 0.212. The molecule has 1 aliphatic heterocycles. The molecule has 1 saturated heterocycles. The fourth-order valence-electron chi connectivity index (χ4n) is 5.14. The lowest BCUT2D eigenvalue weighted by atomic mass is 10.1. The largest absolute Gasteiger partial charge is 0.444 e. The Bertz CT molecular complexity index is 1050. The van der Waals surface area contributed by atoms with Crippen molar-refractivity contribution in [3.63, 3.8) is 0 Å². The van der Waals surface area contributed by atoms with Gasteiger partial charge in [-0.25, -0.2) is 4.79 Å². The summed E-state index contributed by atoms with van der Waals surface area (Å²) in [5.74, 6) is 0. The van der Waals surface area contributed by atoms with Gasteiger partial charge in [0.2, 0.25) is 0 Å². The third kappa shape index (κ3) is 6.22. The van der Waals surface area contributed by atoms with E-state index >= 15 is 0 Å². The van der Waals surface area contributed by atoms with Crippen molar-refractivity contribution in [1.82, 2.24) is 4.90 Å². The standard InChI is InChI=1S/C30H41NO5Si/c1-28(2,3)36-27(33)31-25(26(20-15-21-32)35-30(31,7)8)22-34-37(29(4,5)6,23-16-11-9-12-17-23)24-18-13-10-14-19-24/h9-21,25-26H,22H2,1-8H3/b20-15+/t25-,26-/m1/s1. The molecule has 1 fully saturated rings. The highest BCUT2D eigenvalue weighted by molar-refractivity contribution is 6.99. The van der Waals surface area contributed by atoms with Crippen LogP contribution in [0.2, 0.25) is 5.04 Å². The van der Waals surface area contributed by atoms with Crippen LogP contribution in [0.15, 0.2) is 72.8 Å². The molecule has 6 nitrogen and oxygen atoms in total. The van der Waals surface area contributed by atoms with E-state index in [1.54, 1.807) is 11.0 Å². The maximum Gasteiger partial charge on any atom is 0.413 e. The Hall–Kier alpha value is -2.74. The van der Waals surface area contributed by atoms with Crippen LogP contribution in [0, 0.1) is 0 Å². The van der Waals surface area contributed by atoms with Crippen LogP contribution in [0.4, 0.5) is 4.79 Å². The summed E-state index contributed by atoms with van der Waals surface area (Å²) in [5.41, 5.74) is -1.63. The van der Waals surface area contributed by atoms with Gasteiger partial charge in [0, 0.05) is 0 Å². The van der Waals surface area contributed by atoms with Crippen LogP contribution in [-0.2, 0) is 18.7 Å². The summed E-state index contributed by atoms with van der Waals surface area (Å²) >= 11 is 0. The molecule has 2 aromatic carbocycles. The molecule has 0 spiro atoms. The Morgan fingerprint density at radius 1 is 0.973 bits per heavy atom. The number of amides is 1. The highest BCUT2D eigenvalue weighted by Gasteiger charge is 2.54. The minimum atomic E-state index is -2.86. The van der Waals surface area contributed by atoms with Crippen molar-refractivity contribution in [2.75, 3.05) is 6.61 Å². The van der Waals surface area contributed by atoms with Crippen LogP contribution in [0.3, 0.4) is 0 Å². The van der Waals surface area contributed by atoms with Crippen LogP contribution >= 0.6 is 0 Å². The maximum atomic E-state index is 13.5. The Labute approximate surface area is 222 Å². The Morgan fingerprint density at radius 2 is 1.49 bits per heavy atom. The van der Waals surface area contributed by atoms with Crippen molar-refractivity contribution in [2.24, 2.45) is 0 Å². The van der Waals surface area contributed by atoms with E-state index in [9.17, 15) is 9.59 Å². The molecule has 2 aromatic rings. The van der Waals surface area contributed by atoms with Crippen molar-refractivity contribution < 1.29 is 23.5 Å².